The van der Waals surface area contributed by atoms with Crippen LogP contribution in [0, 0.1) is 6.42 Å². The highest BCUT2D eigenvalue weighted by Crippen LogP contribution is 2.14. The largest absolute Gasteiger partial charge is 0.287 e. The van der Waals surface area contributed by atoms with E-state index in [4.69, 9.17) is 0 Å². The molecule has 1 rings (SSSR count). The molecule has 1 fully saturated rings. The van der Waals surface area contributed by atoms with Crippen LogP contribution in [0.1, 0.15) is 39.0 Å². The lowest BCUT2D eigenvalue weighted by molar-refractivity contribution is 0.160. The standard InChI is InChI=1S/C11H23N2O2S/c1-3-4-8-11(12-16(2,14)15)13-9-6-5-7-10-13/h5,11-12H,3-4,6-10H2,1-2H3. The van der Waals surface area contributed by atoms with Gasteiger partial charge in [0.25, 0.3) is 0 Å². The average molecular weight is 247 g/mol. The van der Waals surface area contributed by atoms with E-state index in [1.807, 2.05) is 0 Å². The number of hydrogen-bond acceptors (Lipinski definition) is 3. The molecule has 1 radical (unpaired) electrons. The zero-order valence-electron chi connectivity index (χ0n) is 10.3. The summed E-state index contributed by atoms with van der Waals surface area (Å²) in [5, 5.41) is 0. The van der Waals surface area contributed by atoms with E-state index in [9.17, 15) is 8.42 Å². The van der Waals surface area contributed by atoms with Crippen molar-refractivity contribution in [2.45, 2.75) is 45.2 Å². The number of nitrogens with zero attached hydrogens (tertiary/aromatic N) is 1. The van der Waals surface area contributed by atoms with Gasteiger partial charge >= 0.3 is 0 Å². The Hall–Kier alpha value is -0.130. The number of sulfonamides is 1. The fourth-order valence-corrected chi connectivity index (χ4v) is 2.80. The van der Waals surface area contributed by atoms with Crippen LogP contribution in [0.15, 0.2) is 0 Å². The number of likely N-dealkylation sites (tertiary alicyclic amines) is 1. The monoisotopic (exact) mass is 247 g/mol. The molecule has 1 aliphatic heterocycles. The molecule has 0 aromatic rings. The summed E-state index contributed by atoms with van der Waals surface area (Å²) in [4.78, 5) is 2.25. The van der Waals surface area contributed by atoms with E-state index < -0.39 is 10.0 Å². The Balaban J connectivity index is 2.54. The van der Waals surface area contributed by atoms with Crippen molar-refractivity contribution in [3.8, 4) is 0 Å². The topological polar surface area (TPSA) is 49.4 Å². The number of unbranched alkanes of at least 4 members (excludes halogenated alkanes) is 1. The van der Waals surface area contributed by atoms with Crippen LogP contribution in [0.2, 0.25) is 0 Å². The summed E-state index contributed by atoms with van der Waals surface area (Å²) in [6, 6.07) is 0. The molecule has 1 N–H and O–H groups in total. The van der Waals surface area contributed by atoms with Crippen molar-refractivity contribution >= 4 is 10.0 Å². The van der Waals surface area contributed by atoms with Gasteiger partial charge in [-0.1, -0.05) is 19.8 Å². The highest BCUT2D eigenvalue weighted by molar-refractivity contribution is 7.88. The van der Waals surface area contributed by atoms with Gasteiger partial charge in [0.05, 0.1) is 12.4 Å². The molecule has 0 saturated carbocycles. The summed E-state index contributed by atoms with van der Waals surface area (Å²) in [7, 11) is -3.10. The molecule has 0 amide bonds. The Labute approximate surface area is 99.5 Å². The summed E-state index contributed by atoms with van der Waals surface area (Å²) in [6.45, 7) is 4.06. The summed E-state index contributed by atoms with van der Waals surface area (Å²) >= 11 is 0. The van der Waals surface area contributed by atoms with Crippen LogP contribution < -0.4 is 4.72 Å². The summed E-state index contributed by atoms with van der Waals surface area (Å²) in [6.07, 6.45) is 8.69. The van der Waals surface area contributed by atoms with Crippen molar-refractivity contribution in [2.75, 3.05) is 19.3 Å². The fourth-order valence-electron chi connectivity index (χ4n) is 2.04. The fraction of sp³-hybridized carbons (Fsp3) is 0.909. The average Bonchev–Trinajstić information content (AvgIpc) is 2.24. The zero-order chi connectivity index (χ0) is 12.0. The molecule has 0 bridgehead atoms. The van der Waals surface area contributed by atoms with Crippen molar-refractivity contribution in [3.63, 3.8) is 0 Å². The Bertz CT molecular complexity index is 284. The van der Waals surface area contributed by atoms with E-state index in [1.54, 1.807) is 0 Å². The van der Waals surface area contributed by atoms with Gasteiger partial charge in [-0.15, -0.1) is 0 Å². The van der Waals surface area contributed by atoms with Crippen LogP contribution in [-0.4, -0.2) is 38.8 Å². The predicted molar refractivity (Wildman–Crippen MR) is 66.4 cm³/mol. The summed E-state index contributed by atoms with van der Waals surface area (Å²) < 4.78 is 25.3. The highest BCUT2D eigenvalue weighted by Gasteiger charge is 2.22. The molecule has 16 heavy (non-hydrogen) atoms. The molecule has 1 heterocycles. The normalized spacial score (nSPS) is 20.9. The van der Waals surface area contributed by atoms with E-state index in [2.05, 4.69) is 23.0 Å². The maximum absolute atomic E-state index is 11.3. The van der Waals surface area contributed by atoms with Gasteiger partial charge < -0.3 is 0 Å². The lowest BCUT2D eigenvalue weighted by Crippen LogP contribution is -2.49. The first-order valence-electron chi connectivity index (χ1n) is 6.06. The molecule has 0 aromatic heterocycles. The van der Waals surface area contributed by atoms with Gasteiger partial charge in [-0.25, -0.2) is 8.42 Å². The molecule has 1 atom stereocenters. The minimum Gasteiger partial charge on any atom is -0.287 e. The molecule has 5 heteroatoms. The van der Waals surface area contributed by atoms with E-state index in [-0.39, 0.29) is 6.17 Å². The van der Waals surface area contributed by atoms with Crippen molar-refractivity contribution in [2.24, 2.45) is 0 Å². The van der Waals surface area contributed by atoms with Gasteiger partial charge in [0.15, 0.2) is 0 Å². The van der Waals surface area contributed by atoms with Crippen molar-refractivity contribution in [1.29, 1.82) is 0 Å². The highest BCUT2D eigenvalue weighted by atomic mass is 32.2. The Morgan fingerprint density at radius 1 is 1.38 bits per heavy atom. The SMILES string of the molecule is CCCCC(NS(C)(=O)=O)N1CC[CH]CC1. The van der Waals surface area contributed by atoms with Crippen molar-refractivity contribution < 1.29 is 8.42 Å². The van der Waals surface area contributed by atoms with Gasteiger partial charge in [-0.3, -0.25) is 4.90 Å². The minimum atomic E-state index is -3.10. The van der Waals surface area contributed by atoms with E-state index in [1.165, 1.54) is 6.26 Å². The number of piperidine rings is 1. The quantitative estimate of drug-likeness (QED) is 0.771. The van der Waals surface area contributed by atoms with E-state index in [0.29, 0.717) is 0 Å². The lowest BCUT2D eigenvalue weighted by atomic mass is 10.1. The first-order chi connectivity index (χ1) is 7.53. The van der Waals surface area contributed by atoms with Gasteiger partial charge in [-0.2, -0.15) is 4.72 Å². The van der Waals surface area contributed by atoms with Crippen molar-refractivity contribution in [1.82, 2.24) is 9.62 Å². The zero-order valence-corrected chi connectivity index (χ0v) is 11.1. The van der Waals surface area contributed by atoms with E-state index in [0.717, 1.165) is 45.2 Å². The van der Waals surface area contributed by atoms with Crippen LogP contribution in [0.4, 0.5) is 0 Å². The third kappa shape index (κ3) is 5.27. The second kappa shape index (κ2) is 6.57. The van der Waals surface area contributed by atoms with Gasteiger partial charge in [-0.05, 0) is 38.8 Å². The number of hydrogen-bond donors (Lipinski definition) is 1. The Kier molecular flexibility index (Phi) is 5.72. The van der Waals surface area contributed by atoms with Gasteiger partial charge in [0.1, 0.15) is 0 Å². The predicted octanol–water partition coefficient (Wildman–Crippen LogP) is 1.35. The molecular formula is C11H23N2O2S. The van der Waals surface area contributed by atoms with E-state index >= 15 is 0 Å². The third-order valence-corrected chi connectivity index (χ3v) is 3.56. The number of rotatable bonds is 6. The minimum absolute atomic E-state index is 0.0105. The molecule has 95 valence electrons. The van der Waals surface area contributed by atoms with Gasteiger partial charge in [0.2, 0.25) is 10.0 Å². The van der Waals surface area contributed by atoms with Gasteiger partial charge in [0, 0.05) is 0 Å². The molecule has 0 aliphatic carbocycles. The van der Waals surface area contributed by atoms with Crippen LogP contribution in [0.25, 0.3) is 0 Å². The van der Waals surface area contributed by atoms with Crippen LogP contribution in [0.3, 0.4) is 0 Å². The second-order valence-electron chi connectivity index (χ2n) is 4.45. The molecule has 0 aromatic carbocycles. The summed E-state index contributed by atoms with van der Waals surface area (Å²) in [5.74, 6) is 0. The molecule has 0 spiro atoms. The molecule has 1 saturated heterocycles. The molecule has 1 unspecified atom stereocenters. The lowest BCUT2D eigenvalue weighted by Gasteiger charge is -2.34. The summed E-state index contributed by atoms with van der Waals surface area (Å²) in [5.41, 5.74) is 0. The molecular weight excluding hydrogens is 224 g/mol. The Morgan fingerprint density at radius 3 is 2.50 bits per heavy atom. The maximum atomic E-state index is 11.3. The second-order valence-corrected chi connectivity index (χ2v) is 6.23. The first-order valence-corrected chi connectivity index (χ1v) is 7.95. The van der Waals surface area contributed by atoms with Crippen LogP contribution in [0.5, 0.6) is 0 Å². The Morgan fingerprint density at radius 2 is 2.00 bits per heavy atom. The molecule has 1 aliphatic rings. The molecule has 4 nitrogen and oxygen atoms in total. The third-order valence-electron chi connectivity index (χ3n) is 2.86. The van der Waals surface area contributed by atoms with Crippen molar-refractivity contribution in [3.05, 3.63) is 6.42 Å². The van der Waals surface area contributed by atoms with Crippen LogP contribution >= 0.6 is 0 Å². The maximum Gasteiger partial charge on any atom is 0.210 e. The van der Waals surface area contributed by atoms with Crippen LogP contribution in [-0.2, 0) is 10.0 Å². The smallest absolute Gasteiger partial charge is 0.210 e. The number of nitrogens with one attached hydrogen (secondary N) is 1. The first kappa shape index (κ1) is 13.9.